The van der Waals surface area contributed by atoms with Gasteiger partial charge in [0.05, 0.1) is 6.54 Å². The van der Waals surface area contributed by atoms with Gasteiger partial charge in [-0.2, -0.15) is 0 Å². The van der Waals surface area contributed by atoms with E-state index in [-0.39, 0.29) is 11.4 Å². The fourth-order valence-corrected chi connectivity index (χ4v) is 2.15. The van der Waals surface area contributed by atoms with E-state index in [1.54, 1.807) is 0 Å². The third-order valence-electron chi connectivity index (χ3n) is 3.54. The van der Waals surface area contributed by atoms with E-state index in [1.165, 1.54) is 0 Å². The molecule has 1 unspecified atom stereocenters. The molecule has 1 amide bonds. The normalized spacial score (nSPS) is 22.0. The first-order valence-electron chi connectivity index (χ1n) is 6.62. The predicted molar refractivity (Wildman–Crippen MR) is 71.9 cm³/mol. The second kappa shape index (κ2) is 4.97. The summed E-state index contributed by atoms with van der Waals surface area (Å²) in [6.45, 7) is 15.4. The summed E-state index contributed by atoms with van der Waals surface area (Å²) in [5, 5.41) is 3.26. The molecule has 1 atom stereocenters. The first-order valence-corrected chi connectivity index (χ1v) is 6.62. The molecule has 17 heavy (non-hydrogen) atoms. The van der Waals surface area contributed by atoms with Crippen LogP contribution in [0.15, 0.2) is 0 Å². The molecule has 0 saturated carbocycles. The highest BCUT2D eigenvalue weighted by Gasteiger charge is 2.33. The molecule has 0 aliphatic carbocycles. The van der Waals surface area contributed by atoms with E-state index in [0.29, 0.717) is 17.9 Å². The van der Waals surface area contributed by atoms with Crippen molar-refractivity contribution in [2.24, 2.45) is 11.3 Å². The lowest BCUT2D eigenvalue weighted by atomic mass is 9.80. The van der Waals surface area contributed by atoms with Crippen molar-refractivity contribution in [3.63, 3.8) is 0 Å². The molecule has 1 rings (SSSR count). The Hall–Kier alpha value is -0.570. The van der Waals surface area contributed by atoms with Crippen LogP contribution in [0, 0.1) is 11.3 Å². The highest BCUT2D eigenvalue weighted by atomic mass is 16.2. The van der Waals surface area contributed by atoms with Crippen LogP contribution in [0.25, 0.3) is 0 Å². The van der Waals surface area contributed by atoms with Crippen molar-refractivity contribution in [3.05, 3.63) is 0 Å². The Bertz CT molecular complexity index is 273. The highest BCUT2D eigenvalue weighted by molar-refractivity contribution is 5.78. The molecule has 100 valence electrons. The van der Waals surface area contributed by atoms with Crippen LogP contribution in [0.1, 0.15) is 48.0 Å². The molecule has 1 saturated heterocycles. The van der Waals surface area contributed by atoms with Gasteiger partial charge in [0.2, 0.25) is 5.91 Å². The third-order valence-corrected chi connectivity index (χ3v) is 3.54. The van der Waals surface area contributed by atoms with Crippen LogP contribution in [-0.4, -0.2) is 36.0 Å². The minimum absolute atomic E-state index is 0.0127. The number of amides is 1. The van der Waals surface area contributed by atoms with Gasteiger partial charge >= 0.3 is 0 Å². The molecule has 1 fully saturated rings. The molecule has 1 aliphatic heterocycles. The minimum Gasteiger partial charge on any atom is -0.341 e. The Balaban J connectivity index is 2.41. The zero-order valence-corrected chi connectivity index (χ0v) is 12.3. The number of nitrogens with one attached hydrogen (secondary N) is 1. The SMILES string of the molecule is CC(C)(C)NCC(=O)N1CCC(C(C)(C)C)C1. The Kier molecular flexibility index (Phi) is 4.23. The lowest BCUT2D eigenvalue weighted by molar-refractivity contribution is -0.129. The van der Waals surface area contributed by atoms with E-state index in [9.17, 15) is 4.79 Å². The number of hydrogen-bond donors (Lipinski definition) is 1. The number of hydrogen-bond acceptors (Lipinski definition) is 2. The van der Waals surface area contributed by atoms with E-state index < -0.39 is 0 Å². The van der Waals surface area contributed by atoms with Crippen molar-refractivity contribution in [1.29, 1.82) is 0 Å². The van der Waals surface area contributed by atoms with Crippen LogP contribution in [0.5, 0.6) is 0 Å². The molecule has 1 N–H and O–H groups in total. The summed E-state index contributed by atoms with van der Waals surface area (Å²) in [6, 6.07) is 0. The van der Waals surface area contributed by atoms with E-state index >= 15 is 0 Å². The number of nitrogens with zero attached hydrogens (tertiary/aromatic N) is 1. The molecular formula is C14H28N2O. The first-order chi connectivity index (χ1) is 7.59. The molecule has 3 heteroatoms. The summed E-state index contributed by atoms with van der Waals surface area (Å²) in [5.74, 6) is 0.882. The van der Waals surface area contributed by atoms with E-state index in [0.717, 1.165) is 19.5 Å². The molecular weight excluding hydrogens is 212 g/mol. The maximum absolute atomic E-state index is 12.0. The number of rotatable bonds is 2. The molecule has 1 aliphatic rings. The fourth-order valence-electron chi connectivity index (χ4n) is 2.15. The van der Waals surface area contributed by atoms with Crippen LogP contribution in [0.2, 0.25) is 0 Å². The van der Waals surface area contributed by atoms with Gasteiger partial charge in [-0.1, -0.05) is 20.8 Å². The maximum atomic E-state index is 12.0. The van der Waals surface area contributed by atoms with Crippen molar-refractivity contribution in [2.45, 2.75) is 53.5 Å². The zero-order valence-electron chi connectivity index (χ0n) is 12.3. The van der Waals surface area contributed by atoms with Crippen LogP contribution >= 0.6 is 0 Å². The molecule has 0 radical (unpaired) electrons. The predicted octanol–water partition coefficient (Wildman–Crippen LogP) is 2.27. The lowest BCUT2D eigenvalue weighted by Gasteiger charge is -2.27. The topological polar surface area (TPSA) is 32.3 Å². The lowest BCUT2D eigenvalue weighted by Crippen LogP contribution is -2.44. The maximum Gasteiger partial charge on any atom is 0.236 e. The van der Waals surface area contributed by atoms with Crippen LogP contribution in [0.3, 0.4) is 0 Å². The van der Waals surface area contributed by atoms with E-state index in [1.807, 2.05) is 4.90 Å². The van der Waals surface area contributed by atoms with Gasteiger partial charge in [-0.3, -0.25) is 4.79 Å². The van der Waals surface area contributed by atoms with Gasteiger partial charge in [0, 0.05) is 18.6 Å². The van der Waals surface area contributed by atoms with Gasteiger partial charge in [0.15, 0.2) is 0 Å². The van der Waals surface area contributed by atoms with Gasteiger partial charge in [-0.25, -0.2) is 0 Å². The summed E-state index contributed by atoms with van der Waals surface area (Å²) in [4.78, 5) is 14.0. The monoisotopic (exact) mass is 240 g/mol. The highest BCUT2D eigenvalue weighted by Crippen LogP contribution is 2.33. The average Bonchev–Trinajstić information content (AvgIpc) is 2.60. The summed E-state index contributed by atoms with van der Waals surface area (Å²) < 4.78 is 0. The van der Waals surface area contributed by atoms with Gasteiger partial charge in [-0.05, 0) is 38.5 Å². The van der Waals surface area contributed by atoms with Crippen molar-refractivity contribution in [3.8, 4) is 0 Å². The molecule has 0 aromatic carbocycles. The molecule has 3 nitrogen and oxygen atoms in total. The first kappa shape index (κ1) is 14.5. The molecule has 0 aromatic heterocycles. The molecule has 0 spiro atoms. The van der Waals surface area contributed by atoms with Crippen LogP contribution in [0.4, 0.5) is 0 Å². The van der Waals surface area contributed by atoms with Crippen molar-refractivity contribution >= 4 is 5.91 Å². The van der Waals surface area contributed by atoms with E-state index in [4.69, 9.17) is 0 Å². The fraction of sp³-hybridized carbons (Fsp3) is 0.929. The molecule has 0 aromatic rings. The standard InChI is InChI=1S/C14H28N2O/c1-13(2,3)11-7-8-16(10-11)12(17)9-15-14(4,5)6/h11,15H,7-10H2,1-6H3. The van der Waals surface area contributed by atoms with Gasteiger partial charge in [0.1, 0.15) is 0 Å². The molecule has 0 bridgehead atoms. The Morgan fingerprint density at radius 2 is 1.82 bits per heavy atom. The molecule has 1 heterocycles. The van der Waals surface area contributed by atoms with Gasteiger partial charge < -0.3 is 10.2 Å². The number of carbonyl (C=O) groups excluding carboxylic acids is 1. The Morgan fingerprint density at radius 3 is 2.24 bits per heavy atom. The second-order valence-corrected chi connectivity index (χ2v) is 7.29. The van der Waals surface area contributed by atoms with Crippen LogP contribution < -0.4 is 5.32 Å². The zero-order chi connectivity index (χ0) is 13.3. The van der Waals surface area contributed by atoms with Gasteiger partial charge in [0.25, 0.3) is 0 Å². The summed E-state index contributed by atoms with van der Waals surface area (Å²) in [5.41, 5.74) is 0.325. The van der Waals surface area contributed by atoms with Crippen molar-refractivity contribution in [1.82, 2.24) is 10.2 Å². The van der Waals surface area contributed by atoms with Crippen molar-refractivity contribution in [2.75, 3.05) is 19.6 Å². The van der Waals surface area contributed by atoms with E-state index in [2.05, 4.69) is 46.9 Å². The Labute approximate surface area is 106 Å². The smallest absolute Gasteiger partial charge is 0.236 e. The third kappa shape index (κ3) is 4.66. The Morgan fingerprint density at radius 1 is 1.24 bits per heavy atom. The number of likely N-dealkylation sites (tertiary alicyclic amines) is 1. The largest absolute Gasteiger partial charge is 0.341 e. The van der Waals surface area contributed by atoms with Crippen molar-refractivity contribution < 1.29 is 4.79 Å². The minimum atomic E-state index is 0.0127. The number of carbonyl (C=O) groups is 1. The summed E-state index contributed by atoms with van der Waals surface area (Å²) in [6.07, 6.45) is 1.14. The summed E-state index contributed by atoms with van der Waals surface area (Å²) in [7, 11) is 0. The second-order valence-electron chi connectivity index (χ2n) is 7.29. The summed E-state index contributed by atoms with van der Waals surface area (Å²) >= 11 is 0. The van der Waals surface area contributed by atoms with Gasteiger partial charge in [-0.15, -0.1) is 0 Å². The quantitative estimate of drug-likeness (QED) is 0.803. The average molecular weight is 240 g/mol. The van der Waals surface area contributed by atoms with Crippen LogP contribution in [-0.2, 0) is 4.79 Å².